The van der Waals surface area contributed by atoms with E-state index < -0.39 is 11.9 Å². The van der Waals surface area contributed by atoms with E-state index in [1.54, 1.807) is 41.8 Å². The summed E-state index contributed by atoms with van der Waals surface area (Å²) in [5, 5.41) is 0.812. The Kier molecular flexibility index (Phi) is 5.10. The topological polar surface area (TPSA) is 102 Å². The number of pyridine rings is 1. The van der Waals surface area contributed by atoms with Crippen LogP contribution in [0, 0.1) is 12.7 Å². The standard InChI is InChI=1S/C23H23FN6O2/c1-14-10-28-22-21(14)20(4-5-27-22)32-19-3-2-15(8-17(19)24)9-18(25)23(31)29-6-7-30-13-26-11-16(30)12-29/h2-5,8,10-11,13,18H,6-7,9,12,25H2,1H3,(H,27,28). The lowest BCUT2D eigenvalue weighted by Crippen LogP contribution is -2.47. The molecule has 0 radical (unpaired) electrons. The first-order valence-electron chi connectivity index (χ1n) is 10.4. The molecule has 1 aromatic carbocycles. The zero-order chi connectivity index (χ0) is 22.2. The van der Waals surface area contributed by atoms with Crippen molar-refractivity contribution in [2.24, 2.45) is 5.73 Å². The molecule has 3 aromatic heterocycles. The van der Waals surface area contributed by atoms with Gasteiger partial charge in [-0.05, 0) is 42.7 Å². The summed E-state index contributed by atoms with van der Waals surface area (Å²) in [7, 11) is 0. The van der Waals surface area contributed by atoms with Gasteiger partial charge in [0.2, 0.25) is 5.91 Å². The molecule has 0 spiro atoms. The van der Waals surface area contributed by atoms with Crippen molar-refractivity contribution in [2.75, 3.05) is 6.54 Å². The van der Waals surface area contributed by atoms with Gasteiger partial charge >= 0.3 is 0 Å². The van der Waals surface area contributed by atoms with E-state index in [0.717, 1.165) is 16.6 Å². The SMILES string of the molecule is Cc1c[nH]c2nccc(Oc3ccc(CC(N)C(=O)N4CCn5cncc5C4)cc3F)c12. The first-order chi connectivity index (χ1) is 15.5. The minimum atomic E-state index is -0.752. The Morgan fingerprint density at radius 1 is 1.31 bits per heavy atom. The second-order valence-corrected chi connectivity index (χ2v) is 8.02. The van der Waals surface area contributed by atoms with Crippen molar-refractivity contribution in [3.63, 3.8) is 0 Å². The number of aromatic nitrogens is 4. The summed E-state index contributed by atoms with van der Waals surface area (Å²) in [4.78, 5) is 26.0. The highest BCUT2D eigenvalue weighted by Gasteiger charge is 2.25. The maximum Gasteiger partial charge on any atom is 0.240 e. The number of carbonyl (C=O) groups excluding carboxylic acids is 1. The van der Waals surface area contributed by atoms with Gasteiger partial charge in [-0.2, -0.15) is 0 Å². The van der Waals surface area contributed by atoms with Gasteiger partial charge in [-0.1, -0.05) is 6.07 Å². The number of hydrogen-bond acceptors (Lipinski definition) is 5. The average Bonchev–Trinajstić information content (AvgIpc) is 3.41. The summed E-state index contributed by atoms with van der Waals surface area (Å²) in [5.41, 5.74) is 9.44. The third kappa shape index (κ3) is 3.71. The highest BCUT2D eigenvalue weighted by atomic mass is 19.1. The van der Waals surface area contributed by atoms with Gasteiger partial charge in [-0.15, -0.1) is 0 Å². The third-order valence-corrected chi connectivity index (χ3v) is 5.80. The number of ether oxygens (including phenoxy) is 1. The number of imidazole rings is 1. The lowest BCUT2D eigenvalue weighted by Gasteiger charge is -2.30. The number of nitrogens with one attached hydrogen (secondary N) is 1. The molecule has 1 atom stereocenters. The van der Waals surface area contributed by atoms with Gasteiger partial charge in [-0.25, -0.2) is 14.4 Å². The monoisotopic (exact) mass is 434 g/mol. The summed E-state index contributed by atoms with van der Waals surface area (Å²) in [6, 6.07) is 5.62. The maximum atomic E-state index is 14.8. The summed E-state index contributed by atoms with van der Waals surface area (Å²) in [6.45, 7) is 3.68. The van der Waals surface area contributed by atoms with Gasteiger partial charge in [-0.3, -0.25) is 4.79 Å². The molecular formula is C23H23FN6O2. The third-order valence-electron chi connectivity index (χ3n) is 5.80. The number of nitrogens with two attached hydrogens (primary N) is 1. The number of carbonyl (C=O) groups is 1. The van der Waals surface area contributed by atoms with E-state index in [4.69, 9.17) is 10.5 Å². The Morgan fingerprint density at radius 3 is 3.03 bits per heavy atom. The number of aryl methyl sites for hydroxylation is 1. The van der Waals surface area contributed by atoms with Crippen LogP contribution < -0.4 is 10.5 Å². The molecule has 0 saturated heterocycles. The fourth-order valence-corrected chi connectivity index (χ4v) is 4.09. The van der Waals surface area contributed by atoms with Gasteiger partial charge < -0.3 is 24.9 Å². The average molecular weight is 434 g/mol. The van der Waals surface area contributed by atoms with Crippen LogP contribution in [0.1, 0.15) is 16.8 Å². The van der Waals surface area contributed by atoms with E-state index >= 15 is 0 Å². The molecule has 9 heteroatoms. The number of H-pyrrole nitrogens is 1. The molecule has 0 saturated carbocycles. The van der Waals surface area contributed by atoms with Gasteiger partial charge in [0, 0.05) is 31.7 Å². The van der Waals surface area contributed by atoms with E-state index in [9.17, 15) is 9.18 Å². The number of hydrogen-bond donors (Lipinski definition) is 2. The molecule has 1 aliphatic rings. The fraction of sp³-hybridized carbons (Fsp3) is 0.261. The van der Waals surface area contributed by atoms with E-state index in [1.165, 1.54) is 6.07 Å². The van der Waals surface area contributed by atoms with Crippen molar-refractivity contribution < 1.29 is 13.9 Å². The van der Waals surface area contributed by atoms with Crippen LogP contribution in [0.5, 0.6) is 11.5 Å². The molecule has 1 amide bonds. The second kappa shape index (κ2) is 8.08. The van der Waals surface area contributed by atoms with Crippen LogP contribution >= 0.6 is 0 Å². The van der Waals surface area contributed by atoms with Crippen molar-refractivity contribution in [3.8, 4) is 11.5 Å². The fourth-order valence-electron chi connectivity index (χ4n) is 4.09. The van der Waals surface area contributed by atoms with Gasteiger partial charge in [0.25, 0.3) is 0 Å². The molecule has 8 nitrogen and oxygen atoms in total. The number of halogens is 1. The highest BCUT2D eigenvalue weighted by Crippen LogP contribution is 2.32. The largest absolute Gasteiger partial charge is 0.453 e. The van der Waals surface area contributed by atoms with Gasteiger partial charge in [0.1, 0.15) is 11.4 Å². The van der Waals surface area contributed by atoms with Crippen molar-refractivity contribution in [3.05, 3.63) is 71.8 Å². The molecule has 0 fully saturated rings. The minimum Gasteiger partial charge on any atom is -0.453 e. The van der Waals surface area contributed by atoms with E-state index in [0.29, 0.717) is 36.6 Å². The van der Waals surface area contributed by atoms with Crippen LogP contribution in [0.15, 0.2) is 49.2 Å². The lowest BCUT2D eigenvalue weighted by molar-refractivity contribution is -0.134. The minimum absolute atomic E-state index is 0.103. The predicted octanol–water partition coefficient (Wildman–Crippen LogP) is 2.91. The van der Waals surface area contributed by atoms with E-state index in [2.05, 4.69) is 15.0 Å². The lowest BCUT2D eigenvalue weighted by atomic mass is 10.0. The maximum absolute atomic E-state index is 14.8. The molecule has 3 N–H and O–H groups in total. The first kappa shape index (κ1) is 20.2. The summed E-state index contributed by atoms with van der Waals surface area (Å²) in [5.74, 6) is -0.0369. The number of benzene rings is 1. The van der Waals surface area contributed by atoms with Crippen LogP contribution in [0.2, 0.25) is 0 Å². The highest BCUT2D eigenvalue weighted by molar-refractivity contribution is 5.86. The summed E-state index contributed by atoms with van der Waals surface area (Å²) < 4.78 is 22.7. The predicted molar refractivity (Wildman–Crippen MR) is 117 cm³/mol. The van der Waals surface area contributed by atoms with Crippen LogP contribution in [0.25, 0.3) is 11.0 Å². The number of rotatable bonds is 5. The van der Waals surface area contributed by atoms with E-state index in [-0.39, 0.29) is 18.1 Å². The zero-order valence-corrected chi connectivity index (χ0v) is 17.6. The Morgan fingerprint density at radius 2 is 2.19 bits per heavy atom. The Labute approximate surface area is 183 Å². The molecule has 4 heterocycles. The van der Waals surface area contributed by atoms with Crippen molar-refractivity contribution in [1.29, 1.82) is 0 Å². The van der Waals surface area contributed by atoms with Crippen LogP contribution in [-0.4, -0.2) is 42.9 Å². The van der Waals surface area contributed by atoms with Gasteiger partial charge in [0.15, 0.2) is 11.6 Å². The summed E-state index contributed by atoms with van der Waals surface area (Å²) >= 11 is 0. The molecule has 164 valence electrons. The zero-order valence-electron chi connectivity index (χ0n) is 17.6. The number of fused-ring (bicyclic) bond motifs is 2. The molecule has 0 bridgehead atoms. The quantitative estimate of drug-likeness (QED) is 0.503. The van der Waals surface area contributed by atoms with Crippen LogP contribution in [0.4, 0.5) is 4.39 Å². The molecule has 1 unspecified atom stereocenters. The molecular weight excluding hydrogens is 411 g/mol. The molecule has 0 aliphatic carbocycles. The number of amides is 1. The number of nitrogens with zero attached hydrogens (tertiary/aromatic N) is 4. The van der Waals surface area contributed by atoms with Gasteiger partial charge in [0.05, 0.1) is 30.0 Å². The Balaban J connectivity index is 1.28. The Hall–Kier alpha value is -3.72. The smallest absolute Gasteiger partial charge is 0.240 e. The molecule has 5 rings (SSSR count). The molecule has 1 aliphatic heterocycles. The van der Waals surface area contributed by atoms with Crippen molar-refractivity contribution >= 4 is 16.9 Å². The number of aromatic amines is 1. The van der Waals surface area contributed by atoms with Crippen LogP contribution in [-0.2, 0) is 24.3 Å². The summed E-state index contributed by atoms with van der Waals surface area (Å²) in [6.07, 6.45) is 7.20. The normalized spacial score (nSPS) is 14.4. The van der Waals surface area contributed by atoms with E-state index in [1.807, 2.05) is 17.7 Å². The molecule has 32 heavy (non-hydrogen) atoms. The second-order valence-electron chi connectivity index (χ2n) is 8.02. The first-order valence-corrected chi connectivity index (χ1v) is 10.4. The van der Waals surface area contributed by atoms with Crippen molar-refractivity contribution in [1.82, 2.24) is 24.4 Å². The Bertz CT molecular complexity index is 1300. The molecule has 4 aromatic rings. The van der Waals surface area contributed by atoms with Crippen molar-refractivity contribution in [2.45, 2.75) is 32.5 Å². The van der Waals surface area contributed by atoms with Crippen LogP contribution in [0.3, 0.4) is 0 Å².